The van der Waals surface area contributed by atoms with Crippen LogP contribution in [0.1, 0.15) is 11.3 Å². The Kier molecular flexibility index (Phi) is 3.99. The van der Waals surface area contributed by atoms with E-state index in [4.69, 9.17) is 11.6 Å². The Morgan fingerprint density at radius 3 is 2.81 bits per heavy atom. The van der Waals surface area contributed by atoms with Crippen LogP contribution >= 0.6 is 22.9 Å². The number of halogens is 1. The molecule has 2 aromatic carbocycles. The van der Waals surface area contributed by atoms with Crippen molar-refractivity contribution in [2.75, 3.05) is 11.4 Å². The summed E-state index contributed by atoms with van der Waals surface area (Å²) in [5.41, 5.74) is 5.16. The smallest absolute Gasteiger partial charge is 0.232 e. The van der Waals surface area contributed by atoms with Crippen molar-refractivity contribution in [1.82, 2.24) is 9.38 Å². The van der Waals surface area contributed by atoms with Crippen LogP contribution in [-0.4, -0.2) is 21.8 Å². The Hall–Kier alpha value is -2.63. The highest BCUT2D eigenvalue weighted by Crippen LogP contribution is 2.29. The number of carbonyl (C=O) groups excluding carboxylic acids is 1. The number of aromatic nitrogens is 2. The molecule has 1 aliphatic rings. The summed E-state index contributed by atoms with van der Waals surface area (Å²) in [5.74, 6) is 0.126. The topological polar surface area (TPSA) is 37.6 Å². The monoisotopic (exact) mass is 393 g/mol. The van der Waals surface area contributed by atoms with Crippen LogP contribution in [0.2, 0.25) is 5.02 Å². The van der Waals surface area contributed by atoms with Crippen LogP contribution in [-0.2, 0) is 17.6 Å². The predicted molar refractivity (Wildman–Crippen MR) is 110 cm³/mol. The third-order valence-corrected chi connectivity index (χ3v) is 6.08. The SMILES string of the molecule is O=C(Cc1csc2nc(-c3ccc(Cl)cc3)cn12)N1CCc2ccccc21. The highest BCUT2D eigenvalue weighted by molar-refractivity contribution is 7.15. The number of imidazole rings is 1. The average molecular weight is 394 g/mol. The highest BCUT2D eigenvalue weighted by Gasteiger charge is 2.25. The lowest BCUT2D eigenvalue weighted by Gasteiger charge is -2.17. The van der Waals surface area contributed by atoms with E-state index in [0.29, 0.717) is 11.4 Å². The summed E-state index contributed by atoms with van der Waals surface area (Å²) in [5, 5.41) is 2.73. The fraction of sp³-hybridized carbons (Fsp3) is 0.143. The van der Waals surface area contributed by atoms with Crippen LogP contribution in [0.15, 0.2) is 60.1 Å². The van der Waals surface area contributed by atoms with Gasteiger partial charge in [-0.25, -0.2) is 4.98 Å². The van der Waals surface area contributed by atoms with Crippen LogP contribution in [0.5, 0.6) is 0 Å². The molecule has 1 amide bonds. The van der Waals surface area contributed by atoms with Gasteiger partial charge in [-0.05, 0) is 30.2 Å². The van der Waals surface area contributed by atoms with E-state index < -0.39 is 0 Å². The number of para-hydroxylation sites is 1. The Morgan fingerprint density at radius 2 is 1.96 bits per heavy atom. The van der Waals surface area contributed by atoms with E-state index >= 15 is 0 Å². The van der Waals surface area contributed by atoms with E-state index in [1.807, 2.05) is 63.3 Å². The minimum absolute atomic E-state index is 0.126. The fourth-order valence-corrected chi connectivity index (χ4v) is 4.56. The summed E-state index contributed by atoms with van der Waals surface area (Å²) in [6.45, 7) is 0.755. The number of amides is 1. The van der Waals surface area contributed by atoms with Gasteiger partial charge < -0.3 is 4.90 Å². The van der Waals surface area contributed by atoms with Crippen LogP contribution < -0.4 is 4.90 Å². The molecule has 0 saturated carbocycles. The molecule has 0 fully saturated rings. The molecule has 0 spiro atoms. The van der Waals surface area contributed by atoms with Crippen LogP contribution in [0.25, 0.3) is 16.2 Å². The Balaban J connectivity index is 1.42. The van der Waals surface area contributed by atoms with Crippen molar-refractivity contribution in [2.24, 2.45) is 0 Å². The first-order valence-corrected chi connectivity index (χ1v) is 10.0. The summed E-state index contributed by atoms with van der Waals surface area (Å²) < 4.78 is 2.02. The van der Waals surface area contributed by atoms with Gasteiger partial charge in [0.2, 0.25) is 5.91 Å². The van der Waals surface area contributed by atoms with Crippen molar-refractivity contribution in [1.29, 1.82) is 0 Å². The molecule has 0 aliphatic carbocycles. The zero-order valence-corrected chi connectivity index (χ0v) is 16.0. The number of anilines is 1. The first kappa shape index (κ1) is 16.5. The lowest BCUT2D eigenvalue weighted by molar-refractivity contribution is -0.117. The normalized spacial score (nSPS) is 13.3. The molecule has 5 rings (SSSR count). The number of rotatable bonds is 3. The van der Waals surface area contributed by atoms with Crippen molar-refractivity contribution < 1.29 is 4.79 Å². The predicted octanol–water partition coefficient (Wildman–Crippen LogP) is 4.85. The second kappa shape index (κ2) is 6.51. The van der Waals surface area contributed by atoms with Gasteiger partial charge in [0.1, 0.15) is 0 Å². The number of carbonyl (C=O) groups is 1. The maximum absolute atomic E-state index is 12.9. The number of thiazole rings is 1. The first-order valence-electron chi connectivity index (χ1n) is 8.79. The molecule has 0 saturated heterocycles. The largest absolute Gasteiger partial charge is 0.311 e. The van der Waals surface area contributed by atoms with Gasteiger partial charge in [-0.1, -0.05) is 41.9 Å². The molecule has 27 heavy (non-hydrogen) atoms. The molecule has 2 aromatic heterocycles. The molecule has 134 valence electrons. The first-order chi connectivity index (χ1) is 13.2. The standard InChI is InChI=1S/C21H16ClN3OS/c22-16-7-5-14(6-8-16)18-12-25-17(13-27-21(25)23-18)11-20(26)24-10-9-15-3-1-2-4-19(15)24/h1-8,12-13H,9-11H2. The number of nitrogens with zero attached hydrogens (tertiary/aromatic N) is 3. The number of fused-ring (bicyclic) bond motifs is 2. The molecular weight excluding hydrogens is 378 g/mol. The van der Waals surface area contributed by atoms with Crippen molar-refractivity contribution in [2.45, 2.75) is 12.8 Å². The van der Waals surface area contributed by atoms with Gasteiger partial charge in [0.25, 0.3) is 0 Å². The second-order valence-electron chi connectivity index (χ2n) is 6.61. The van der Waals surface area contributed by atoms with Crippen LogP contribution in [0.4, 0.5) is 5.69 Å². The maximum Gasteiger partial charge on any atom is 0.232 e. The Labute approximate surface area is 165 Å². The number of benzene rings is 2. The number of hydrogen-bond donors (Lipinski definition) is 0. The van der Waals surface area contributed by atoms with E-state index in [0.717, 1.165) is 40.6 Å². The lowest BCUT2D eigenvalue weighted by atomic mass is 10.2. The summed E-state index contributed by atoms with van der Waals surface area (Å²) in [4.78, 5) is 20.4. The van der Waals surface area contributed by atoms with Gasteiger partial charge in [-0.3, -0.25) is 9.20 Å². The summed E-state index contributed by atoms with van der Waals surface area (Å²) in [7, 11) is 0. The zero-order chi connectivity index (χ0) is 18.4. The number of hydrogen-bond acceptors (Lipinski definition) is 3. The third-order valence-electron chi connectivity index (χ3n) is 4.94. The lowest BCUT2D eigenvalue weighted by Crippen LogP contribution is -2.30. The van der Waals surface area contributed by atoms with E-state index in [-0.39, 0.29) is 5.91 Å². The van der Waals surface area contributed by atoms with Gasteiger partial charge >= 0.3 is 0 Å². The minimum atomic E-state index is 0.126. The van der Waals surface area contributed by atoms with Gasteiger partial charge in [-0.15, -0.1) is 11.3 Å². The highest BCUT2D eigenvalue weighted by atomic mass is 35.5. The molecule has 0 bridgehead atoms. The van der Waals surface area contributed by atoms with Crippen molar-refractivity contribution in [3.63, 3.8) is 0 Å². The minimum Gasteiger partial charge on any atom is -0.311 e. The molecule has 3 heterocycles. The van der Waals surface area contributed by atoms with Crippen molar-refractivity contribution in [3.05, 3.63) is 76.4 Å². The summed E-state index contributed by atoms with van der Waals surface area (Å²) >= 11 is 7.53. The molecule has 6 heteroatoms. The van der Waals surface area contributed by atoms with E-state index in [9.17, 15) is 4.79 Å². The Morgan fingerprint density at radius 1 is 1.15 bits per heavy atom. The molecular formula is C21H16ClN3OS. The molecule has 0 unspecified atom stereocenters. The maximum atomic E-state index is 12.9. The van der Waals surface area contributed by atoms with Crippen LogP contribution in [0.3, 0.4) is 0 Å². The van der Waals surface area contributed by atoms with Crippen LogP contribution in [0, 0.1) is 0 Å². The van der Waals surface area contributed by atoms with Gasteiger partial charge in [0.05, 0.1) is 12.1 Å². The van der Waals surface area contributed by atoms with E-state index in [2.05, 4.69) is 11.1 Å². The van der Waals surface area contributed by atoms with Crippen molar-refractivity contribution >= 4 is 39.5 Å². The van der Waals surface area contributed by atoms with E-state index in [1.165, 1.54) is 5.56 Å². The quantitative estimate of drug-likeness (QED) is 0.499. The molecule has 1 aliphatic heterocycles. The molecule has 4 aromatic rings. The Bertz CT molecular complexity index is 1150. The second-order valence-corrected chi connectivity index (χ2v) is 7.89. The van der Waals surface area contributed by atoms with Gasteiger partial charge in [0, 0.05) is 40.1 Å². The fourth-order valence-electron chi connectivity index (χ4n) is 3.56. The molecule has 0 atom stereocenters. The molecule has 0 radical (unpaired) electrons. The summed E-state index contributed by atoms with van der Waals surface area (Å²) in [6, 6.07) is 15.8. The van der Waals surface area contributed by atoms with E-state index in [1.54, 1.807) is 11.3 Å². The summed E-state index contributed by atoms with van der Waals surface area (Å²) in [6.07, 6.45) is 3.28. The zero-order valence-electron chi connectivity index (χ0n) is 14.4. The van der Waals surface area contributed by atoms with Gasteiger partial charge in [0.15, 0.2) is 4.96 Å². The average Bonchev–Trinajstić information content (AvgIpc) is 3.37. The van der Waals surface area contributed by atoms with Gasteiger partial charge in [-0.2, -0.15) is 0 Å². The van der Waals surface area contributed by atoms with Crippen molar-refractivity contribution in [3.8, 4) is 11.3 Å². The third kappa shape index (κ3) is 2.93. The molecule has 4 nitrogen and oxygen atoms in total. The molecule has 0 N–H and O–H groups in total.